The number of hydrogen-bond donors (Lipinski definition) is 1. The third-order valence-corrected chi connectivity index (χ3v) is 6.18. The van der Waals surface area contributed by atoms with Gasteiger partial charge >= 0.3 is 6.61 Å². The van der Waals surface area contributed by atoms with E-state index in [0.29, 0.717) is 39.5 Å². The highest BCUT2D eigenvalue weighted by atomic mass is 19.3. The number of ether oxygens (including phenoxy) is 3. The van der Waals surface area contributed by atoms with Gasteiger partial charge in [0, 0.05) is 23.7 Å². The fourth-order valence-electron chi connectivity index (χ4n) is 4.49. The average molecular weight is 465 g/mol. The van der Waals surface area contributed by atoms with Crippen LogP contribution < -0.4 is 19.9 Å². The molecule has 0 saturated heterocycles. The molecule has 2 N–H and O–H groups in total. The minimum absolute atomic E-state index is 0.0307. The molecule has 2 aliphatic rings. The number of benzene rings is 3. The van der Waals surface area contributed by atoms with Crippen LogP contribution in [0.1, 0.15) is 16.7 Å². The number of halogens is 2. The van der Waals surface area contributed by atoms with Crippen LogP contribution in [0.5, 0.6) is 23.0 Å². The first-order valence-electron chi connectivity index (χ1n) is 10.5. The standard InChI is InChI=1S/C25H21F2N3O4/c1-13-19(32-3)10-8-17-21(13)34-20-9-7-15(14-5-4-6-16(11-14)33-23(26)27)12-18(20)25(17)22(31)30(2)24(28)29-25/h4-12,23H,1-3H3,(H2,28,29). The molecule has 0 bridgehead atoms. The molecule has 1 amide bonds. The third kappa shape index (κ3) is 3.07. The largest absolute Gasteiger partial charge is 0.496 e. The van der Waals surface area contributed by atoms with Crippen molar-refractivity contribution >= 4 is 11.9 Å². The topological polar surface area (TPSA) is 86.4 Å². The van der Waals surface area contributed by atoms with Gasteiger partial charge in [-0.1, -0.05) is 18.2 Å². The molecule has 0 aliphatic carbocycles. The Hall–Kier alpha value is -4.14. The highest BCUT2D eigenvalue weighted by Gasteiger charge is 2.55. The predicted molar refractivity (Wildman–Crippen MR) is 121 cm³/mol. The van der Waals surface area contributed by atoms with Gasteiger partial charge in [-0.25, -0.2) is 4.99 Å². The highest BCUT2D eigenvalue weighted by molar-refractivity contribution is 6.10. The van der Waals surface area contributed by atoms with E-state index in [9.17, 15) is 13.6 Å². The fourth-order valence-corrected chi connectivity index (χ4v) is 4.49. The second-order valence-electron chi connectivity index (χ2n) is 8.03. The number of likely N-dealkylation sites (N-methyl/N-ethyl adjacent to an activating group) is 1. The number of nitrogens with zero attached hydrogens (tertiary/aromatic N) is 2. The van der Waals surface area contributed by atoms with E-state index in [0.717, 1.165) is 5.56 Å². The maximum atomic E-state index is 13.6. The smallest absolute Gasteiger partial charge is 0.387 e. The third-order valence-electron chi connectivity index (χ3n) is 6.18. The van der Waals surface area contributed by atoms with Gasteiger partial charge < -0.3 is 19.9 Å². The van der Waals surface area contributed by atoms with Crippen LogP contribution in [-0.2, 0) is 10.3 Å². The molecule has 2 aliphatic heterocycles. The van der Waals surface area contributed by atoms with Crippen molar-refractivity contribution in [3.05, 3.63) is 71.3 Å². The number of carbonyl (C=O) groups is 1. The number of hydrogen-bond acceptors (Lipinski definition) is 6. The molecule has 3 aromatic rings. The summed E-state index contributed by atoms with van der Waals surface area (Å²) in [6.07, 6.45) is 0. The molecule has 1 unspecified atom stereocenters. The Labute approximate surface area is 194 Å². The summed E-state index contributed by atoms with van der Waals surface area (Å²) in [5, 5.41) is 0. The van der Waals surface area contributed by atoms with Crippen molar-refractivity contribution in [2.45, 2.75) is 19.1 Å². The predicted octanol–water partition coefficient (Wildman–Crippen LogP) is 4.41. The molecule has 5 rings (SSSR count). The van der Waals surface area contributed by atoms with Gasteiger partial charge in [0.1, 0.15) is 23.0 Å². The molecule has 174 valence electrons. The van der Waals surface area contributed by atoms with Gasteiger partial charge in [0.25, 0.3) is 5.91 Å². The summed E-state index contributed by atoms with van der Waals surface area (Å²) >= 11 is 0. The first-order valence-corrected chi connectivity index (χ1v) is 10.5. The molecular formula is C25H21F2N3O4. The molecule has 1 atom stereocenters. The van der Waals surface area contributed by atoms with Gasteiger partial charge in [-0.3, -0.25) is 9.69 Å². The minimum Gasteiger partial charge on any atom is -0.496 e. The number of rotatable bonds is 4. The summed E-state index contributed by atoms with van der Waals surface area (Å²) in [6, 6.07) is 15.1. The first-order chi connectivity index (χ1) is 16.3. The van der Waals surface area contributed by atoms with Gasteiger partial charge in [-0.05, 0) is 54.4 Å². The Morgan fingerprint density at radius 1 is 1.09 bits per heavy atom. The number of carbonyl (C=O) groups excluding carboxylic acids is 1. The molecular weight excluding hydrogens is 444 g/mol. The van der Waals surface area contributed by atoms with E-state index in [-0.39, 0.29) is 17.6 Å². The lowest BCUT2D eigenvalue weighted by molar-refractivity contribution is -0.129. The van der Waals surface area contributed by atoms with Crippen LogP contribution in [0.25, 0.3) is 11.1 Å². The van der Waals surface area contributed by atoms with Crippen LogP contribution in [0.2, 0.25) is 0 Å². The monoisotopic (exact) mass is 465 g/mol. The van der Waals surface area contributed by atoms with Crippen molar-refractivity contribution in [2.24, 2.45) is 10.7 Å². The number of methoxy groups -OCH3 is 1. The number of aliphatic imine (C=N–C) groups is 1. The Morgan fingerprint density at radius 2 is 1.85 bits per heavy atom. The maximum absolute atomic E-state index is 13.6. The average Bonchev–Trinajstić information content (AvgIpc) is 3.04. The van der Waals surface area contributed by atoms with E-state index >= 15 is 0 Å². The van der Waals surface area contributed by atoms with Crippen molar-refractivity contribution in [3.8, 4) is 34.1 Å². The lowest BCUT2D eigenvalue weighted by Crippen LogP contribution is -2.42. The van der Waals surface area contributed by atoms with Crippen molar-refractivity contribution in [3.63, 3.8) is 0 Å². The summed E-state index contributed by atoms with van der Waals surface area (Å²) in [7, 11) is 3.13. The van der Waals surface area contributed by atoms with Gasteiger partial charge in [0.2, 0.25) is 5.54 Å². The molecule has 0 fully saturated rings. The van der Waals surface area contributed by atoms with Gasteiger partial charge in [-0.2, -0.15) is 8.78 Å². The van der Waals surface area contributed by atoms with Crippen LogP contribution in [0.4, 0.5) is 8.78 Å². The molecule has 34 heavy (non-hydrogen) atoms. The Balaban J connectivity index is 1.73. The summed E-state index contributed by atoms with van der Waals surface area (Å²) in [5.74, 6) is 1.31. The maximum Gasteiger partial charge on any atom is 0.387 e. The lowest BCUT2D eigenvalue weighted by atomic mass is 9.78. The number of guanidine groups is 1. The molecule has 2 heterocycles. The van der Waals surface area contributed by atoms with Crippen molar-refractivity contribution in [1.29, 1.82) is 0 Å². The molecule has 0 aromatic heterocycles. The van der Waals surface area contributed by atoms with E-state index in [4.69, 9.17) is 15.2 Å². The molecule has 3 aromatic carbocycles. The van der Waals surface area contributed by atoms with Gasteiger partial charge in [-0.15, -0.1) is 0 Å². The van der Waals surface area contributed by atoms with Crippen LogP contribution >= 0.6 is 0 Å². The van der Waals surface area contributed by atoms with Crippen LogP contribution in [0.15, 0.2) is 59.6 Å². The number of amides is 1. The van der Waals surface area contributed by atoms with E-state index in [1.165, 1.54) is 17.0 Å². The fraction of sp³-hybridized carbons (Fsp3) is 0.200. The van der Waals surface area contributed by atoms with Crippen molar-refractivity contribution in [1.82, 2.24) is 4.90 Å². The van der Waals surface area contributed by atoms with E-state index in [1.807, 2.05) is 6.92 Å². The Kier molecular flexibility index (Phi) is 4.93. The molecule has 0 radical (unpaired) electrons. The van der Waals surface area contributed by atoms with Gasteiger partial charge in [0.05, 0.1) is 7.11 Å². The zero-order valence-corrected chi connectivity index (χ0v) is 18.6. The van der Waals surface area contributed by atoms with Crippen LogP contribution in [0, 0.1) is 6.92 Å². The zero-order chi connectivity index (χ0) is 24.2. The van der Waals surface area contributed by atoms with Crippen LogP contribution in [-0.4, -0.2) is 37.5 Å². The van der Waals surface area contributed by atoms with Crippen molar-refractivity contribution < 1.29 is 27.8 Å². The van der Waals surface area contributed by atoms with E-state index < -0.39 is 12.2 Å². The number of fused-ring (bicyclic) bond motifs is 4. The van der Waals surface area contributed by atoms with Crippen molar-refractivity contribution in [2.75, 3.05) is 14.2 Å². The minimum atomic E-state index is -2.93. The second kappa shape index (κ2) is 7.72. The molecule has 9 heteroatoms. The Bertz CT molecular complexity index is 1360. The summed E-state index contributed by atoms with van der Waals surface area (Å²) < 4.78 is 41.6. The molecule has 0 saturated carbocycles. The quantitative estimate of drug-likeness (QED) is 0.617. The Morgan fingerprint density at radius 3 is 2.53 bits per heavy atom. The van der Waals surface area contributed by atoms with Gasteiger partial charge in [0.15, 0.2) is 5.96 Å². The number of alkyl halides is 2. The molecule has 7 nitrogen and oxygen atoms in total. The molecule has 1 spiro atoms. The summed E-state index contributed by atoms with van der Waals surface area (Å²) in [4.78, 5) is 19.6. The SMILES string of the molecule is COc1ccc2c(c1C)Oc1ccc(-c3cccc(OC(F)F)c3)cc1C21N=C(N)N(C)C1=O. The summed E-state index contributed by atoms with van der Waals surface area (Å²) in [6.45, 7) is -1.09. The van der Waals surface area contributed by atoms with E-state index in [1.54, 1.807) is 56.6 Å². The highest BCUT2D eigenvalue weighted by Crippen LogP contribution is 2.54. The zero-order valence-electron chi connectivity index (χ0n) is 18.6. The summed E-state index contributed by atoms with van der Waals surface area (Å²) in [5.41, 5.74) is 7.72. The van der Waals surface area contributed by atoms with Crippen LogP contribution in [0.3, 0.4) is 0 Å². The normalized spacial score (nSPS) is 18.5. The lowest BCUT2D eigenvalue weighted by Gasteiger charge is -2.34. The number of nitrogens with two attached hydrogens (primary N) is 1. The van der Waals surface area contributed by atoms with E-state index in [2.05, 4.69) is 9.73 Å². The first kappa shape index (κ1) is 21.7. The second-order valence-corrected chi connectivity index (χ2v) is 8.03.